The number of anilines is 1. The third-order valence-corrected chi connectivity index (χ3v) is 5.54. The average Bonchev–Trinajstić information content (AvgIpc) is 3.45. The van der Waals surface area contributed by atoms with Crippen LogP contribution in [0.4, 0.5) is 11.4 Å². The number of likely N-dealkylation sites (tertiary alicyclic amines) is 1. The van der Waals surface area contributed by atoms with Gasteiger partial charge < -0.3 is 19.1 Å². The van der Waals surface area contributed by atoms with E-state index in [0.717, 1.165) is 6.42 Å². The van der Waals surface area contributed by atoms with Gasteiger partial charge in [-0.1, -0.05) is 12.1 Å². The van der Waals surface area contributed by atoms with Crippen LogP contribution >= 0.6 is 0 Å². The van der Waals surface area contributed by atoms with Gasteiger partial charge in [0, 0.05) is 38.8 Å². The van der Waals surface area contributed by atoms with E-state index in [1.165, 1.54) is 12.3 Å². The summed E-state index contributed by atoms with van der Waals surface area (Å²) in [5.41, 5.74) is 0.637. The Morgan fingerprint density at radius 1 is 1.03 bits per heavy atom. The number of piperazine rings is 1. The third-order valence-electron chi connectivity index (χ3n) is 5.54. The fourth-order valence-electron chi connectivity index (χ4n) is 4.07. The van der Waals surface area contributed by atoms with E-state index >= 15 is 0 Å². The summed E-state index contributed by atoms with van der Waals surface area (Å²) in [6.07, 6.45) is 2.86. The molecule has 2 aromatic rings. The lowest BCUT2D eigenvalue weighted by atomic mass is 10.1. The number of amides is 2. The zero-order chi connectivity index (χ0) is 20.4. The standard InChI is InChI=1S/C20H22N4O5/c25-19(17-7-3-9-23(17)20(26)18-8-4-14-29-18)22-12-10-21(11-13-22)15-5-1-2-6-16(15)24(27)28/h1-2,4-6,8,14,17H,3,7,9-13H2. The molecule has 0 radical (unpaired) electrons. The van der Waals surface area contributed by atoms with Gasteiger partial charge in [0.05, 0.1) is 11.2 Å². The lowest BCUT2D eigenvalue weighted by Gasteiger charge is -2.38. The fraction of sp³-hybridized carbons (Fsp3) is 0.400. The zero-order valence-electron chi connectivity index (χ0n) is 15.9. The van der Waals surface area contributed by atoms with Crippen LogP contribution in [-0.2, 0) is 4.79 Å². The summed E-state index contributed by atoms with van der Waals surface area (Å²) in [6.45, 7) is 2.48. The maximum atomic E-state index is 13.1. The van der Waals surface area contributed by atoms with Crippen molar-refractivity contribution < 1.29 is 18.9 Å². The maximum absolute atomic E-state index is 13.1. The Morgan fingerprint density at radius 2 is 1.79 bits per heavy atom. The molecule has 2 aliphatic heterocycles. The quantitative estimate of drug-likeness (QED) is 0.578. The molecule has 0 aliphatic carbocycles. The third kappa shape index (κ3) is 3.67. The van der Waals surface area contributed by atoms with Crippen LogP contribution in [0.15, 0.2) is 47.1 Å². The van der Waals surface area contributed by atoms with Gasteiger partial charge in [-0.3, -0.25) is 19.7 Å². The number of para-hydroxylation sites is 2. The largest absolute Gasteiger partial charge is 0.459 e. The smallest absolute Gasteiger partial charge is 0.292 e. The molecule has 4 rings (SSSR count). The fourth-order valence-corrected chi connectivity index (χ4v) is 4.07. The number of carbonyl (C=O) groups is 2. The van der Waals surface area contributed by atoms with E-state index in [4.69, 9.17) is 4.42 Å². The van der Waals surface area contributed by atoms with Gasteiger partial charge in [0.1, 0.15) is 11.7 Å². The van der Waals surface area contributed by atoms with Crippen LogP contribution in [0.5, 0.6) is 0 Å². The maximum Gasteiger partial charge on any atom is 0.292 e. The normalized spacial score (nSPS) is 19.4. The molecule has 2 fully saturated rings. The predicted molar refractivity (Wildman–Crippen MR) is 105 cm³/mol. The van der Waals surface area contributed by atoms with Crippen molar-refractivity contribution in [2.24, 2.45) is 0 Å². The molecule has 9 nitrogen and oxygen atoms in total. The summed E-state index contributed by atoms with van der Waals surface area (Å²) in [6, 6.07) is 9.42. The van der Waals surface area contributed by atoms with Crippen molar-refractivity contribution in [2.75, 3.05) is 37.6 Å². The molecule has 1 aromatic carbocycles. The number of nitro groups is 1. The first-order valence-electron chi connectivity index (χ1n) is 9.68. The number of hydrogen-bond donors (Lipinski definition) is 0. The Hall–Kier alpha value is -3.36. The summed E-state index contributed by atoms with van der Waals surface area (Å²) < 4.78 is 5.20. The van der Waals surface area contributed by atoms with Gasteiger partial charge in [-0.25, -0.2) is 0 Å². The number of nitro benzene ring substituents is 1. The first-order chi connectivity index (χ1) is 14.1. The number of furan rings is 1. The summed E-state index contributed by atoms with van der Waals surface area (Å²) in [5.74, 6) is -0.0834. The van der Waals surface area contributed by atoms with Gasteiger partial charge in [0.2, 0.25) is 5.91 Å². The van der Waals surface area contributed by atoms with Crippen molar-refractivity contribution in [2.45, 2.75) is 18.9 Å². The Morgan fingerprint density at radius 3 is 2.48 bits per heavy atom. The molecule has 1 aromatic heterocycles. The highest BCUT2D eigenvalue weighted by Crippen LogP contribution is 2.29. The molecular formula is C20H22N4O5. The van der Waals surface area contributed by atoms with Crippen LogP contribution in [0.2, 0.25) is 0 Å². The van der Waals surface area contributed by atoms with Crippen molar-refractivity contribution >= 4 is 23.2 Å². The zero-order valence-corrected chi connectivity index (χ0v) is 15.9. The molecule has 0 bridgehead atoms. The Bertz CT molecular complexity index is 905. The molecule has 2 amide bonds. The Balaban J connectivity index is 1.41. The van der Waals surface area contributed by atoms with Crippen LogP contribution in [0.1, 0.15) is 23.4 Å². The van der Waals surface area contributed by atoms with Gasteiger partial charge in [0.25, 0.3) is 11.6 Å². The Labute approximate surface area is 167 Å². The first kappa shape index (κ1) is 19.0. The molecular weight excluding hydrogens is 376 g/mol. The van der Waals surface area contributed by atoms with Crippen LogP contribution in [-0.4, -0.2) is 65.3 Å². The van der Waals surface area contributed by atoms with E-state index in [9.17, 15) is 19.7 Å². The van der Waals surface area contributed by atoms with E-state index in [1.807, 2.05) is 4.90 Å². The number of benzene rings is 1. The molecule has 0 spiro atoms. The topological polar surface area (TPSA) is 100 Å². The highest BCUT2D eigenvalue weighted by Gasteiger charge is 2.38. The van der Waals surface area contributed by atoms with E-state index in [0.29, 0.717) is 44.8 Å². The van der Waals surface area contributed by atoms with Crippen molar-refractivity contribution in [3.05, 3.63) is 58.5 Å². The highest BCUT2D eigenvalue weighted by atomic mass is 16.6. The van der Waals surface area contributed by atoms with E-state index < -0.39 is 6.04 Å². The first-order valence-corrected chi connectivity index (χ1v) is 9.68. The number of carbonyl (C=O) groups excluding carboxylic acids is 2. The minimum atomic E-state index is -0.481. The van der Waals surface area contributed by atoms with Gasteiger partial charge in [0.15, 0.2) is 5.76 Å². The monoisotopic (exact) mass is 398 g/mol. The highest BCUT2D eigenvalue weighted by molar-refractivity contribution is 5.96. The van der Waals surface area contributed by atoms with Crippen molar-refractivity contribution in [1.82, 2.24) is 9.80 Å². The molecule has 1 unspecified atom stereocenters. The SMILES string of the molecule is O=C(C1CCCN1C(=O)c1ccco1)N1CCN(c2ccccc2[N+](=O)[O-])CC1. The molecule has 0 saturated carbocycles. The lowest BCUT2D eigenvalue weighted by Crippen LogP contribution is -2.54. The minimum Gasteiger partial charge on any atom is -0.459 e. The van der Waals surface area contributed by atoms with Gasteiger partial charge in [-0.2, -0.15) is 0 Å². The van der Waals surface area contributed by atoms with E-state index in [-0.39, 0.29) is 28.2 Å². The Kier molecular flexibility index (Phi) is 5.20. The number of hydrogen-bond acceptors (Lipinski definition) is 6. The average molecular weight is 398 g/mol. The second-order valence-corrected chi connectivity index (χ2v) is 7.19. The number of rotatable bonds is 4. The molecule has 3 heterocycles. The molecule has 29 heavy (non-hydrogen) atoms. The van der Waals surface area contributed by atoms with Crippen LogP contribution < -0.4 is 4.90 Å². The lowest BCUT2D eigenvalue weighted by molar-refractivity contribution is -0.384. The molecule has 2 aliphatic rings. The van der Waals surface area contributed by atoms with Crippen LogP contribution in [0, 0.1) is 10.1 Å². The summed E-state index contributed by atoms with van der Waals surface area (Å²) in [7, 11) is 0. The molecule has 1 atom stereocenters. The second-order valence-electron chi connectivity index (χ2n) is 7.19. The minimum absolute atomic E-state index is 0.0652. The van der Waals surface area contributed by atoms with Crippen molar-refractivity contribution in [1.29, 1.82) is 0 Å². The van der Waals surface area contributed by atoms with Gasteiger partial charge in [-0.15, -0.1) is 0 Å². The molecule has 2 saturated heterocycles. The molecule has 9 heteroatoms. The van der Waals surface area contributed by atoms with Crippen LogP contribution in [0.3, 0.4) is 0 Å². The van der Waals surface area contributed by atoms with Gasteiger partial charge in [-0.05, 0) is 31.0 Å². The van der Waals surface area contributed by atoms with Crippen LogP contribution in [0.25, 0.3) is 0 Å². The van der Waals surface area contributed by atoms with Crippen molar-refractivity contribution in [3.63, 3.8) is 0 Å². The van der Waals surface area contributed by atoms with E-state index in [2.05, 4.69) is 0 Å². The van der Waals surface area contributed by atoms with Crippen molar-refractivity contribution in [3.8, 4) is 0 Å². The summed E-state index contributed by atoms with van der Waals surface area (Å²) >= 11 is 0. The number of nitrogens with zero attached hydrogens (tertiary/aromatic N) is 4. The predicted octanol–water partition coefficient (Wildman–Crippen LogP) is 2.14. The second kappa shape index (κ2) is 7.94. The molecule has 0 N–H and O–H groups in total. The van der Waals surface area contributed by atoms with E-state index in [1.54, 1.807) is 40.1 Å². The van der Waals surface area contributed by atoms with Gasteiger partial charge >= 0.3 is 0 Å². The summed E-state index contributed by atoms with van der Waals surface area (Å²) in [4.78, 5) is 41.9. The summed E-state index contributed by atoms with van der Waals surface area (Å²) in [5, 5.41) is 11.3. The molecule has 152 valence electrons.